The van der Waals surface area contributed by atoms with Crippen molar-refractivity contribution in [2.24, 2.45) is 5.73 Å². The molecule has 0 saturated carbocycles. The van der Waals surface area contributed by atoms with Gasteiger partial charge in [-0.2, -0.15) is 0 Å². The van der Waals surface area contributed by atoms with Crippen LogP contribution in [0.4, 0.5) is 0 Å². The highest BCUT2D eigenvalue weighted by Crippen LogP contribution is 2.17. The molecular formula is C11H18N4. The Bertz CT molecular complexity index is 301. The van der Waals surface area contributed by atoms with Gasteiger partial charge >= 0.3 is 0 Å². The van der Waals surface area contributed by atoms with Gasteiger partial charge in [-0.1, -0.05) is 0 Å². The molecule has 1 aliphatic rings. The van der Waals surface area contributed by atoms with Crippen molar-refractivity contribution in [2.45, 2.75) is 38.4 Å². The lowest BCUT2D eigenvalue weighted by atomic mass is 9.99. The lowest BCUT2D eigenvalue weighted by Crippen LogP contribution is -2.45. The van der Waals surface area contributed by atoms with Gasteiger partial charge in [0, 0.05) is 43.8 Å². The number of likely N-dealkylation sites (tertiary alicyclic amines) is 1. The van der Waals surface area contributed by atoms with E-state index in [4.69, 9.17) is 5.73 Å². The lowest BCUT2D eigenvalue weighted by molar-refractivity contribution is 0.138. The summed E-state index contributed by atoms with van der Waals surface area (Å²) in [6.45, 7) is 4.19. The summed E-state index contributed by atoms with van der Waals surface area (Å²) in [5, 5.41) is 0. The predicted octanol–water partition coefficient (Wildman–Crippen LogP) is 0.788. The molecule has 2 N–H and O–H groups in total. The molecular weight excluding hydrogens is 188 g/mol. The van der Waals surface area contributed by atoms with Gasteiger partial charge < -0.3 is 5.73 Å². The first kappa shape index (κ1) is 10.5. The van der Waals surface area contributed by atoms with Crippen LogP contribution in [-0.2, 0) is 6.54 Å². The van der Waals surface area contributed by atoms with Gasteiger partial charge in [-0.05, 0) is 19.8 Å². The van der Waals surface area contributed by atoms with E-state index in [1.54, 1.807) is 12.4 Å². The van der Waals surface area contributed by atoms with Gasteiger partial charge in [-0.25, -0.2) is 0 Å². The summed E-state index contributed by atoms with van der Waals surface area (Å²) in [4.78, 5) is 10.8. The maximum atomic E-state index is 5.93. The molecule has 1 aromatic heterocycles. The second-order valence-electron chi connectivity index (χ2n) is 4.30. The number of aromatic nitrogens is 2. The van der Waals surface area contributed by atoms with Crippen LogP contribution < -0.4 is 5.73 Å². The number of nitrogens with two attached hydrogens (primary N) is 1. The van der Waals surface area contributed by atoms with Gasteiger partial charge in [0.25, 0.3) is 0 Å². The third-order valence-corrected chi connectivity index (χ3v) is 3.04. The normalized spacial score (nSPS) is 27.9. The topological polar surface area (TPSA) is 55.0 Å². The maximum absolute atomic E-state index is 5.93. The Morgan fingerprint density at radius 3 is 3.07 bits per heavy atom. The van der Waals surface area contributed by atoms with Crippen LogP contribution in [0.1, 0.15) is 25.5 Å². The van der Waals surface area contributed by atoms with Crippen molar-refractivity contribution >= 4 is 0 Å². The smallest absolute Gasteiger partial charge is 0.0726 e. The summed E-state index contributed by atoms with van der Waals surface area (Å²) in [5.41, 5.74) is 6.97. The predicted molar refractivity (Wildman–Crippen MR) is 59.1 cm³/mol. The molecule has 2 rings (SSSR count). The highest BCUT2D eigenvalue weighted by molar-refractivity contribution is 4.96. The molecule has 0 aliphatic carbocycles. The zero-order chi connectivity index (χ0) is 10.7. The van der Waals surface area contributed by atoms with E-state index in [9.17, 15) is 0 Å². The Kier molecular flexibility index (Phi) is 3.28. The molecule has 1 aliphatic heterocycles. The summed E-state index contributed by atoms with van der Waals surface area (Å²) in [6.07, 6.45) is 7.46. The fourth-order valence-corrected chi connectivity index (χ4v) is 2.11. The number of rotatable bonds is 2. The number of hydrogen-bond acceptors (Lipinski definition) is 4. The minimum absolute atomic E-state index is 0.373. The minimum atomic E-state index is 0.373. The van der Waals surface area contributed by atoms with E-state index in [2.05, 4.69) is 21.8 Å². The molecule has 1 aromatic rings. The van der Waals surface area contributed by atoms with Crippen molar-refractivity contribution in [1.29, 1.82) is 0 Å². The summed E-state index contributed by atoms with van der Waals surface area (Å²) in [6, 6.07) is 0.925. The van der Waals surface area contributed by atoms with E-state index < -0.39 is 0 Å². The average molecular weight is 206 g/mol. The van der Waals surface area contributed by atoms with Gasteiger partial charge in [-0.15, -0.1) is 0 Å². The molecule has 2 heterocycles. The van der Waals surface area contributed by atoms with E-state index in [0.717, 1.165) is 31.6 Å². The first-order valence-corrected chi connectivity index (χ1v) is 5.50. The van der Waals surface area contributed by atoms with Crippen LogP contribution in [0.25, 0.3) is 0 Å². The van der Waals surface area contributed by atoms with Crippen LogP contribution in [0.5, 0.6) is 0 Å². The summed E-state index contributed by atoms with van der Waals surface area (Å²) >= 11 is 0. The van der Waals surface area contributed by atoms with Gasteiger partial charge in [0.1, 0.15) is 0 Å². The molecule has 0 amide bonds. The van der Waals surface area contributed by atoms with Gasteiger partial charge in [0.15, 0.2) is 0 Å². The number of hydrogen-bond donors (Lipinski definition) is 1. The Balaban J connectivity index is 1.95. The Labute approximate surface area is 90.5 Å². The van der Waals surface area contributed by atoms with E-state index in [1.165, 1.54) is 0 Å². The Hall–Kier alpha value is -1.00. The van der Waals surface area contributed by atoms with Crippen molar-refractivity contribution in [3.05, 3.63) is 24.3 Å². The molecule has 2 atom stereocenters. The molecule has 0 aromatic carbocycles. The van der Waals surface area contributed by atoms with Crippen molar-refractivity contribution < 1.29 is 0 Å². The summed E-state index contributed by atoms with van der Waals surface area (Å²) in [7, 11) is 0. The van der Waals surface area contributed by atoms with Crippen LogP contribution in [0.15, 0.2) is 18.6 Å². The van der Waals surface area contributed by atoms with Gasteiger partial charge in [0.2, 0.25) is 0 Å². The first-order valence-electron chi connectivity index (χ1n) is 5.50. The maximum Gasteiger partial charge on any atom is 0.0726 e. The molecule has 1 fully saturated rings. The third-order valence-electron chi connectivity index (χ3n) is 3.04. The fourth-order valence-electron chi connectivity index (χ4n) is 2.11. The average Bonchev–Trinajstić information content (AvgIpc) is 2.24. The SMILES string of the molecule is CC1CC(N)CCN1Cc1cnccn1. The molecule has 4 nitrogen and oxygen atoms in total. The van der Waals surface area contributed by atoms with Gasteiger partial charge in [0.05, 0.1) is 5.69 Å². The van der Waals surface area contributed by atoms with E-state index >= 15 is 0 Å². The van der Waals surface area contributed by atoms with Crippen LogP contribution in [0, 0.1) is 0 Å². The quantitative estimate of drug-likeness (QED) is 0.777. The Morgan fingerprint density at radius 2 is 2.40 bits per heavy atom. The summed E-state index contributed by atoms with van der Waals surface area (Å²) in [5.74, 6) is 0. The molecule has 0 radical (unpaired) electrons. The van der Waals surface area contributed by atoms with Crippen molar-refractivity contribution in [3.8, 4) is 0 Å². The van der Waals surface area contributed by atoms with Crippen LogP contribution in [-0.4, -0.2) is 33.5 Å². The van der Waals surface area contributed by atoms with Gasteiger partial charge in [-0.3, -0.25) is 14.9 Å². The molecule has 2 unspecified atom stereocenters. The minimum Gasteiger partial charge on any atom is -0.328 e. The molecule has 1 saturated heterocycles. The van der Waals surface area contributed by atoms with Crippen molar-refractivity contribution in [1.82, 2.24) is 14.9 Å². The van der Waals surface area contributed by atoms with Crippen molar-refractivity contribution in [2.75, 3.05) is 6.54 Å². The first-order chi connectivity index (χ1) is 7.25. The monoisotopic (exact) mass is 206 g/mol. The zero-order valence-corrected chi connectivity index (χ0v) is 9.13. The second kappa shape index (κ2) is 4.68. The zero-order valence-electron chi connectivity index (χ0n) is 9.13. The van der Waals surface area contributed by atoms with E-state index in [0.29, 0.717) is 12.1 Å². The largest absolute Gasteiger partial charge is 0.328 e. The number of piperidine rings is 1. The number of nitrogens with zero attached hydrogens (tertiary/aromatic N) is 3. The van der Waals surface area contributed by atoms with Crippen LogP contribution in [0.3, 0.4) is 0 Å². The second-order valence-corrected chi connectivity index (χ2v) is 4.30. The molecule has 0 spiro atoms. The molecule has 15 heavy (non-hydrogen) atoms. The molecule has 4 heteroatoms. The lowest BCUT2D eigenvalue weighted by Gasteiger charge is -2.35. The highest BCUT2D eigenvalue weighted by Gasteiger charge is 2.23. The fraction of sp³-hybridized carbons (Fsp3) is 0.636. The van der Waals surface area contributed by atoms with Crippen LogP contribution in [0.2, 0.25) is 0 Å². The van der Waals surface area contributed by atoms with Crippen molar-refractivity contribution in [3.63, 3.8) is 0 Å². The van der Waals surface area contributed by atoms with E-state index in [-0.39, 0.29) is 0 Å². The van der Waals surface area contributed by atoms with Crippen LogP contribution >= 0.6 is 0 Å². The highest BCUT2D eigenvalue weighted by atomic mass is 15.2. The molecule has 82 valence electrons. The third kappa shape index (κ3) is 2.73. The Morgan fingerprint density at radius 1 is 1.53 bits per heavy atom. The van der Waals surface area contributed by atoms with E-state index in [1.807, 2.05) is 6.20 Å². The molecule has 0 bridgehead atoms. The standard InChI is InChI=1S/C11H18N4/c1-9-6-10(12)2-5-15(9)8-11-7-13-3-4-14-11/h3-4,7,9-10H,2,5-6,8,12H2,1H3. The summed E-state index contributed by atoms with van der Waals surface area (Å²) < 4.78 is 0.